The number of halogens is 1. The van der Waals surface area contributed by atoms with Crippen molar-refractivity contribution in [2.45, 2.75) is 30.3 Å². The first-order chi connectivity index (χ1) is 9.63. The van der Waals surface area contributed by atoms with Crippen LogP contribution in [-0.2, 0) is 9.16 Å². The van der Waals surface area contributed by atoms with Gasteiger partial charge in [-0.2, -0.15) is 0 Å². The third-order valence-corrected chi connectivity index (χ3v) is 4.14. The summed E-state index contributed by atoms with van der Waals surface area (Å²) in [6.07, 6.45) is 1.15. The number of aromatic nitrogens is 1. The first-order valence-electron chi connectivity index (χ1n) is 6.72. The lowest BCUT2D eigenvalue weighted by atomic mass is 10.0. The van der Waals surface area contributed by atoms with Crippen molar-refractivity contribution in [3.8, 4) is 0 Å². The second kappa shape index (κ2) is 7.37. The largest absolute Gasteiger partial charge is 0.388 e. The van der Waals surface area contributed by atoms with E-state index in [2.05, 4.69) is 33.1 Å². The summed E-state index contributed by atoms with van der Waals surface area (Å²) in [5.41, 5.74) is 0.683. The van der Waals surface area contributed by atoms with E-state index in [0.717, 1.165) is 26.1 Å². The van der Waals surface area contributed by atoms with E-state index in [9.17, 15) is 9.90 Å². The van der Waals surface area contributed by atoms with Crippen LogP contribution in [0.3, 0.4) is 0 Å². The molecule has 1 atom stereocenters. The summed E-state index contributed by atoms with van der Waals surface area (Å²) < 4.78 is 11.0. The van der Waals surface area contributed by atoms with Crippen molar-refractivity contribution >= 4 is 28.5 Å². The second-order valence-corrected chi connectivity index (χ2v) is 5.71. The normalized spacial score (nSPS) is 17.9. The van der Waals surface area contributed by atoms with E-state index in [1.54, 1.807) is 6.92 Å². The number of carbonyl (C=O) groups is 1. The highest BCUT2D eigenvalue weighted by atomic mass is 127. The Morgan fingerprint density at radius 1 is 1.55 bits per heavy atom. The smallest absolute Gasteiger partial charge is 0.273 e. The summed E-state index contributed by atoms with van der Waals surface area (Å²) in [5.74, 6) is 0.711. The third-order valence-electron chi connectivity index (χ3n) is 3.45. The molecule has 0 radical (unpaired) electrons. The first-order valence-corrected chi connectivity index (χ1v) is 8.24. The number of ether oxygens (including phenoxy) is 1. The Morgan fingerprint density at radius 3 is 2.85 bits per heavy atom. The van der Waals surface area contributed by atoms with Crippen molar-refractivity contribution in [3.05, 3.63) is 17.0 Å². The fourth-order valence-electron chi connectivity index (χ4n) is 2.29. The summed E-state index contributed by atoms with van der Waals surface area (Å²) in [4.78, 5) is 12.2. The molecule has 1 saturated heterocycles. The highest BCUT2D eigenvalue weighted by Crippen LogP contribution is 2.24. The van der Waals surface area contributed by atoms with E-state index in [-0.39, 0.29) is 11.6 Å². The molecule has 7 heteroatoms. The van der Waals surface area contributed by atoms with Gasteiger partial charge in [-0.15, -0.1) is 0 Å². The van der Waals surface area contributed by atoms with Crippen LogP contribution in [0, 0.1) is 5.92 Å². The molecule has 1 aliphatic rings. The lowest BCUT2D eigenvalue weighted by Crippen LogP contribution is -2.33. The molecular formula is C13H19IN2O4. The van der Waals surface area contributed by atoms with E-state index >= 15 is 0 Å². The Kier molecular flexibility index (Phi) is 5.79. The van der Waals surface area contributed by atoms with E-state index in [1.807, 2.05) is 0 Å². The maximum atomic E-state index is 12.2. The lowest BCUT2D eigenvalue weighted by Gasteiger charge is -2.22. The van der Waals surface area contributed by atoms with Crippen LogP contribution >= 0.6 is 22.6 Å². The van der Waals surface area contributed by atoms with Crippen molar-refractivity contribution in [1.29, 1.82) is 0 Å². The monoisotopic (exact) mass is 394 g/mol. The van der Waals surface area contributed by atoms with Crippen LogP contribution in [0.1, 0.15) is 47.7 Å². The van der Waals surface area contributed by atoms with Gasteiger partial charge in [0.05, 0.1) is 16.1 Å². The molecule has 0 saturated carbocycles. The SMILES string of the molecule is CC(O)c1c(C(=O)NCC2CCOCC2)noc1CI. The van der Waals surface area contributed by atoms with Crippen LogP contribution in [0.4, 0.5) is 0 Å². The molecule has 1 aliphatic heterocycles. The number of alkyl halides is 1. The van der Waals surface area contributed by atoms with Crippen molar-refractivity contribution in [3.63, 3.8) is 0 Å². The molecule has 0 spiro atoms. The molecule has 2 rings (SSSR count). The van der Waals surface area contributed by atoms with E-state index in [4.69, 9.17) is 9.26 Å². The molecule has 20 heavy (non-hydrogen) atoms. The van der Waals surface area contributed by atoms with Crippen molar-refractivity contribution in [2.24, 2.45) is 5.92 Å². The second-order valence-electron chi connectivity index (χ2n) is 4.94. The third kappa shape index (κ3) is 3.70. The average Bonchev–Trinajstić information content (AvgIpc) is 2.90. The van der Waals surface area contributed by atoms with Crippen molar-refractivity contribution in [2.75, 3.05) is 19.8 Å². The van der Waals surface area contributed by atoms with Crippen LogP contribution in [0.5, 0.6) is 0 Å². The van der Waals surface area contributed by atoms with Crippen LogP contribution in [-0.4, -0.2) is 35.9 Å². The van der Waals surface area contributed by atoms with Crippen molar-refractivity contribution < 1.29 is 19.2 Å². The topological polar surface area (TPSA) is 84.6 Å². The van der Waals surface area contributed by atoms with Gasteiger partial charge in [0.2, 0.25) is 0 Å². The minimum Gasteiger partial charge on any atom is -0.388 e. The number of amides is 1. The number of aliphatic hydroxyl groups excluding tert-OH is 1. The molecular weight excluding hydrogens is 375 g/mol. The van der Waals surface area contributed by atoms with Gasteiger partial charge in [0.25, 0.3) is 5.91 Å². The van der Waals surface area contributed by atoms with E-state index < -0.39 is 6.10 Å². The summed E-state index contributed by atoms with van der Waals surface area (Å²) in [6.45, 7) is 3.72. The molecule has 2 heterocycles. The predicted octanol–water partition coefficient (Wildman–Crippen LogP) is 1.82. The van der Waals surface area contributed by atoms with Gasteiger partial charge in [-0.3, -0.25) is 4.79 Å². The number of carbonyl (C=O) groups excluding carboxylic acids is 1. The van der Waals surface area contributed by atoms with Gasteiger partial charge in [-0.05, 0) is 25.7 Å². The van der Waals surface area contributed by atoms with Gasteiger partial charge >= 0.3 is 0 Å². The summed E-state index contributed by atoms with van der Waals surface area (Å²) in [6, 6.07) is 0. The number of nitrogens with zero attached hydrogens (tertiary/aromatic N) is 1. The quantitative estimate of drug-likeness (QED) is 0.588. The van der Waals surface area contributed by atoms with Crippen LogP contribution in [0.2, 0.25) is 0 Å². The molecule has 1 aromatic heterocycles. The maximum absolute atomic E-state index is 12.2. The fraction of sp³-hybridized carbons (Fsp3) is 0.692. The number of aliphatic hydroxyl groups is 1. The molecule has 2 N–H and O–H groups in total. The van der Waals surface area contributed by atoms with Gasteiger partial charge < -0.3 is 19.7 Å². The fourth-order valence-corrected chi connectivity index (χ4v) is 2.84. The molecule has 0 aromatic carbocycles. The van der Waals surface area contributed by atoms with Gasteiger partial charge in [0, 0.05) is 19.8 Å². The van der Waals surface area contributed by atoms with Crippen LogP contribution in [0.25, 0.3) is 0 Å². The maximum Gasteiger partial charge on any atom is 0.273 e. The van der Waals surface area contributed by atoms with Crippen LogP contribution < -0.4 is 5.32 Å². The number of hydrogen-bond acceptors (Lipinski definition) is 5. The number of rotatable bonds is 5. The molecule has 112 valence electrons. The minimum atomic E-state index is -0.769. The highest BCUT2D eigenvalue weighted by Gasteiger charge is 2.25. The van der Waals surface area contributed by atoms with Gasteiger partial charge in [0.1, 0.15) is 0 Å². The summed E-state index contributed by atoms with van der Waals surface area (Å²) in [5, 5.41) is 16.4. The molecule has 6 nitrogen and oxygen atoms in total. The standard InChI is InChI=1S/C13H19IN2O4/c1-8(17)11-10(6-14)20-16-12(11)13(18)15-7-9-2-4-19-5-3-9/h8-9,17H,2-7H2,1H3,(H,15,18). The summed E-state index contributed by atoms with van der Waals surface area (Å²) in [7, 11) is 0. The Hall–Kier alpha value is -0.670. The Morgan fingerprint density at radius 2 is 2.25 bits per heavy atom. The summed E-state index contributed by atoms with van der Waals surface area (Å²) >= 11 is 2.12. The molecule has 0 aliphatic carbocycles. The molecule has 0 bridgehead atoms. The zero-order chi connectivity index (χ0) is 14.5. The molecule has 1 fully saturated rings. The van der Waals surface area contributed by atoms with Crippen molar-refractivity contribution in [1.82, 2.24) is 10.5 Å². The van der Waals surface area contributed by atoms with Crippen LogP contribution in [0.15, 0.2) is 4.52 Å². The lowest BCUT2D eigenvalue weighted by molar-refractivity contribution is 0.0641. The highest BCUT2D eigenvalue weighted by molar-refractivity contribution is 14.1. The van der Waals surface area contributed by atoms with E-state index in [1.165, 1.54) is 0 Å². The Balaban J connectivity index is 1.99. The molecule has 1 unspecified atom stereocenters. The van der Waals surface area contributed by atoms with Gasteiger partial charge in [-0.1, -0.05) is 27.7 Å². The first kappa shape index (κ1) is 15.7. The van der Waals surface area contributed by atoms with Gasteiger partial charge in [0.15, 0.2) is 11.5 Å². The predicted molar refractivity (Wildman–Crippen MR) is 80.7 cm³/mol. The van der Waals surface area contributed by atoms with E-state index in [0.29, 0.717) is 28.2 Å². The number of hydrogen-bond donors (Lipinski definition) is 2. The molecule has 1 aromatic rings. The molecule has 1 amide bonds. The zero-order valence-electron chi connectivity index (χ0n) is 11.4. The zero-order valence-corrected chi connectivity index (χ0v) is 13.6. The minimum absolute atomic E-state index is 0.193. The Labute approximate surface area is 131 Å². The Bertz CT molecular complexity index is 455. The number of nitrogens with one attached hydrogen (secondary N) is 1. The average molecular weight is 394 g/mol. The van der Waals surface area contributed by atoms with Gasteiger partial charge in [-0.25, -0.2) is 0 Å².